The topological polar surface area (TPSA) is 12.0 Å². The molecule has 1 N–H and O–H groups in total. The lowest BCUT2D eigenvalue weighted by molar-refractivity contribution is 0.263. The molecular weight excluding hydrogens is 278 g/mol. The van der Waals surface area contributed by atoms with Crippen LogP contribution >= 0.6 is 11.6 Å². The summed E-state index contributed by atoms with van der Waals surface area (Å²) in [5.41, 5.74) is 1.42. The third-order valence-corrected chi connectivity index (χ3v) is 5.54. The van der Waals surface area contributed by atoms with Gasteiger partial charge in [0, 0.05) is 11.1 Å². The Morgan fingerprint density at radius 2 is 1.90 bits per heavy atom. The molecule has 21 heavy (non-hydrogen) atoms. The summed E-state index contributed by atoms with van der Waals surface area (Å²) in [6.45, 7) is 3.58. The van der Waals surface area contributed by atoms with Crippen LogP contribution in [-0.4, -0.2) is 6.54 Å². The molecular formula is C19H28ClN. The van der Waals surface area contributed by atoms with E-state index in [9.17, 15) is 0 Å². The minimum atomic E-state index is 0.545. The molecule has 0 bridgehead atoms. The van der Waals surface area contributed by atoms with Crippen LogP contribution in [0.1, 0.15) is 63.5 Å². The van der Waals surface area contributed by atoms with Crippen molar-refractivity contribution >= 4 is 11.6 Å². The molecule has 2 aliphatic rings. The Morgan fingerprint density at radius 3 is 2.57 bits per heavy atom. The largest absolute Gasteiger partial charge is 0.310 e. The van der Waals surface area contributed by atoms with Gasteiger partial charge in [-0.2, -0.15) is 0 Å². The average Bonchev–Trinajstić information content (AvgIpc) is 3.30. The van der Waals surface area contributed by atoms with E-state index in [2.05, 4.69) is 24.4 Å². The lowest BCUT2D eigenvalue weighted by Crippen LogP contribution is -2.26. The molecule has 2 fully saturated rings. The fourth-order valence-electron chi connectivity index (χ4n) is 3.92. The maximum Gasteiger partial charge on any atom is 0.0406 e. The summed E-state index contributed by atoms with van der Waals surface area (Å²) in [4.78, 5) is 0. The van der Waals surface area contributed by atoms with Gasteiger partial charge in [-0.25, -0.2) is 0 Å². The van der Waals surface area contributed by atoms with Gasteiger partial charge in [-0.1, -0.05) is 49.9 Å². The number of nitrogens with one attached hydrogen (secondary N) is 1. The molecule has 1 aromatic rings. The first kappa shape index (κ1) is 15.4. The zero-order chi connectivity index (χ0) is 14.7. The van der Waals surface area contributed by atoms with Gasteiger partial charge in [-0.05, 0) is 67.7 Å². The predicted molar refractivity (Wildman–Crippen MR) is 90.7 cm³/mol. The fraction of sp³-hybridized carbons (Fsp3) is 0.684. The molecule has 0 amide bonds. The SMILES string of the molecule is CC1CCCC(CCNC(c2ccc(Cl)cc2)C2CC2)C1. The highest BCUT2D eigenvalue weighted by Gasteiger charge is 2.32. The number of hydrogen-bond donors (Lipinski definition) is 1. The van der Waals surface area contributed by atoms with Crippen LogP contribution in [-0.2, 0) is 0 Å². The van der Waals surface area contributed by atoms with Crippen molar-refractivity contribution < 1.29 is 0 Å². The summed E-state index contributed by atoms with van der Waals surface area (Å²) in [7, 11) is 0. The zero-order valence-electron chi connectivity index (χ0n) is 13.2. The van der Waals surface area contributed by atoms with E-state index >= 15 is 0 Å². The van der Waals surface area contributed by atoms with E-state index < -0.39 is 0 Å². The summed E-state index contributed by atoms with van der Waals surface area (Å²) in [6.07, 6.45) is 9.87. The van der Waals surface area contributed by atoms with E-state index in [1.54, 1.807) is 0 Å². The van der Waals surface area contributed by atoms with Gasteiger partial charge in [0.2, 0.25) is 0 Å². The molecule has 1 nitrogen and oxygen atoms in total. The standard InChI is InChI=1S/C19H28ClN/c1-14-3-2-4-15(13-14)11-12-21-19(16-5-6-16)17-7-9-18(20)10-8-17/h7-10,14-16,19,21H,2-6,11-13H2,1H3. The van der Waals surface area contributed by atoms with E-state index in [4.69, 9.17) is 11.6 Å². The molecule has 0 heterocycles. The smallest absolute Gasteiger partial charge is 0.0406 e. The van der Waals surface area contributed by atoms with Crippen LogP contribution in [0.15, 0.2) is 24.3 Å². The summed E-state index contributed by atoms with van der Waals surface area (Å²) in [6, 6.07) is 8.98. The van der Waals surface area contributed by atoms with Gasteiger partial charge in [0.25, 0.3) is 0 Å². The van der Waals surface area contributed by atoms with Crippen molar-refractivity contribution in [2.45, 2.75) is 57.9 Å². The van der Waals surface area contributed by atoms with Crippen LogP contribution in [0.3, 0.4) is 0 Å². The van der Waals surface area contributed by atoms with Crippen molar-refractivity contribution in [3.63, 3.8) is 0 Å². The number of benzene rings is 1. The lowest BCUT2D eigenvalue weighted by atomic mass is 9.81. The normalized spacial score (nSPS) is 27.5. The van der Waals surface area contributed by atoms with E-state index in [-0.39, 0.29) is 0 Å². The van der Waals surface area contributed by atoms with Crippen LogP contribution in [0.2, 0.25) is 5.02 Å². The molecule has 0 radical (unpaired) electrons. The summed E-state index contributed by atoms with van der Waals surface area (Å²) in [5, 5.41) is 4.67. The average molecular weight is 306 g/mol. The monoisotopic (exact) mass is 305 g/mol. The highest BCUT2D eigenvalue weighted by molar-refractivity contribution is 6.30. The number of halogens is 1. The Labute approximate surface area is 134 Å². The van der Waals surface area contributed by atoms with Gasteiger partial charge in [0.05, 0.1) is 0 Å². The second-order valence-electron chi connectivity index (χ2n) is 7.25. The molecule has 2 heteroatoms. The first-order valence-electron chi connectivity index (χ1n) is 8.71. The van der Waals surface area contributed by atoms with Gasteiger partial charge >= 0.3 is 0 Å². The molecule has 2 aliphatic carbocycles. The van der Waals surface area contributed by atoms with E-state index in [1.807, 2.05) is 12.1 Å². The summed E-state index contributed by atoms with van der Waals surface area (Å²) in [5.74, 6) is 2.74. The number of rotatable bonds is 6. The van der Waals surface area contributed by atoms with Crippen molar-refractivity contribution in [1.29, 1.82) is 0 Å². The van der Waals surface area contributed by atoms with Crippen LogP contribution in [0.25, 0.3) is 0 Å². The van der Waals surface area contributed by atoms with Gasteiger partial charge in [-0.15, -0.1) is 0 Å². The molecule has 3 atom stereocenters. The van der Waals surface area contributed by atoms with Gasteiger partial charge in [0.15, 0.2) is 0 Å². The highest BCUT2D eigenvalue weighted by atomic mass is 35.5. The van der Waals surface area contributed by atoms with Crippen LogP contribution in [0.5, 0.6) is 0 Å². The third kappa shape index (κ3) is 4.47. The molecule has 0 saturated heterocycles. The van der Waals surface area contributed by atoms with Crippen molar-refractivity contribution in [3.05, 3.63) is 34.9 Å². The third-order valence-electron chi connectivity index (χ3n) is 5.28. The second kappa shape index (κ2) is 7.15. The first-order valence-corrected chi connectivity index (χ1v) is 9.09. The highest BCUT2D eigenvalue weighted by Crippen LogP contribution is 2.41. The van der Waals surface area contributed by atoms with Crippen LogP contribution < -0.4 is 5.32 Å². The van der Waals surface area contributed by atoms with Crippen molar-refractivity contribution in [2.24, 2.45) is 17.8 Å². The summed E-state index contributed by atoms with van der Waals surface area (Å²) >= 11 is 6.01. The van der Waals surface area contributed by atoms with Crippen molar-refractivity contribution in [3.8, 4) is 0 Å². The maximum atomic E-state index is 6.01. The Kier molecular flexibility index (Phi) is 5.24. The molecule has 3 rings (SSSR count). The minimum absolute atomic E-state index is 0.545. The Hall–Kier alpha value is -0.530. The molecule has 1 aromatic carbocycles. The van der Waals surface area contributed by atoms with E-state index in [0.717, 1.165) is 22.8 Å². The Balaban J connectivity index is 1.50. The maximum absolute atomic E-state index is 6.01. The first-order chi connectivity index (χ1) is 10.2. The molecule has 116 valence electrons. The zero-order valence-corrected chi connectivity index (χ0v) is 13.9. The predicted octanol–water partition coefficient (Wildman–Crippen LogP) is 5.60. The van der Waals surface area contributed by atoms with E-state index in [0.29, 0.717) is 6.04 Å². The fourth-order valence-corrected chi connectivity index (χ4v) is 4.05. The Bertz CT molecular complexity index is 437. The van der Waals surface area contributed by atoms with Gasteiger partial charge < -0.3 is 5.32 Å². The minimum Gasteiger partial charge on any atom is -0.310 e. The Morgan fingerprint density at radius 1 is 1.14 bits per heavy atom. The summed E-state index contributed by atoms with van der Waals surface area (Å²) < 4.78 is 0. The molecule has 2 saturated carbocycles. The quantitative estimate of drug-likeness (QED) is 0.721. The molecule has 0 spiro atoms. The lowest BCUT2D eigenvalue weighted by Gasteiger charge is -2.27. The van der Waals surface area contributed by atoms with E-state index in [1.165, 1.54) is 57.1 Å². The molecule has 0 aromatic heterocycles. The second-order valence-corrected chi connectivity index (χ2v) is 7.68. The van der Waals surface area contributed by atoms with Gasteiger partial charge in [-0.3, -0.25) is 0 Å². The van der Waals surface area contributed by atoms with Crippen LogP contribution in [0.4, 0.5) is 0 Å². The van der Waals surface area contributed by atoms with Crippen LogP contribution in [0, 0.1) is 17.8 Å². The molecule has 0 aliphatic heterocycles. The van der Waals surface area contributed by atoms with Crippen molar-refractivity contribution in [2.75, 3.05) is 6.54 Å². The van der Waals surface area contributed by atoms with Gasteiger partial charge in [0.1, 0.15) is 0 Å². The van der Waals surface area contributed by atoms with Crippen molar-refractivity contribution in [1.82, 2.24) is 5.32 Å². The number of hydrogen-bond acceptors (Lipinski definition) is 1. The molecule has 3 unspecified atom stereocenters.